The molecule has 0 aliphatic carbocycles. The summed E-state index contributed by atoms with van der Waals surface area (Å²) in [5.74, 6) is -3.77. The molecule has 0 radical (unpaired) electrons. The lowest BCUT2D eigenvalue weighted by Gasteiger charge is -2.10. The smallest absolute Gasteiger partial charge is 0.355 e. The largest absolute Gasteiger partial charge is 0.461 e. The number of benzene rings is 2. The van der Waals surface area contributed by atoms with Crippen LogP contribution < -0.4 is 0 Å². The maximum Gasteiger partial charge on any atom is 0.355 e. The predicted octanol–water partition coefficient (Wildman–Crippen LogP) is 5.56. The van der Waals surface area contributed by atoms with Crippen molar-refractivity contribution in [3.63, 3.8) is 0 Å². The molecule has 6 heteroatoms. The molecule has 142 valence electrons. The molecule has 0 spiro atoms. The molecule has 0 saturated carbocycles. The lowest BCUT2D eigenvalue weighted by Crippen LogP contribution is -2.12. The van der Waals surface area contributed by atoms with Gasteiger partial charge in [0.25, 0.3) is 0 Å². The number of carbonyl (C=O) groups excluding carboxylic acids is 1. The van der Waals surface area contributed by atoms with E-state index in [1.807, 2.05) is 19.9 Å². The summed E-state index contributed by atoms with van der Waals surface area (Å²) in [7, 11) is 1.66. The van der Waals surface area contributed by atoms with Crippen molar-refractivity contribution in [1.82, 2.24) is 4.57 Å². The number of aryl methyl sites for hydroxylation is 1. The number of para-hydroxylation sites is 1. The van der Waals surface area contributed by atoms with Crippen LogP contribution in [-0.2, 0) is 11.8 Å². The van der Waals surface area contributed by atoms with E-state index in [9.17, 15) is 18.0 Å². The third-order valence-electron chi connectivity index (χ3n) is 4.58. The molecule has 2 aromatic carbocycles. The van der Waals surface area contributed by atoms with Gasteiger partial charge in [0.1, 0.15) is 11.5 Å². The molecule has 27 heavy (non-hydrogen) atoms. The third-order valence-corrected chi connectivity index (χ3v) is 4.58. The second-order valence-electron chi connectivity index (χ2n) is 6.65. The zero-order chi connectivity index (χ0) is 19.9. The summed E-state index contributed by atoms with van der Waals surface area (Å²) >= 11 is 0. The van der Waals surface area contributed by atoms with Crippen LogP contribution in [0.5, 0.6) is 0 Å². The zero-order valence-electron chi connectivity index (χ0n) is 15.6. The minimum Gasteiger partial charge on any atom is -0.461 e. The van der Waals surface area contributed by atoms with Crippen LogP contribution in [0.2, 0.25) is 0 Å². The van der Waals surface area contributed by atoms with Crippen molar-refractivity contribution in [2.24, 2.45) is 7.05 Å². The summed E-state index contributed by atoms with van der Waals surface area (Å²) in [6, 6.07) is 6.54. The Hall–Kier alpha value is -2.76. The van der Waals surface area contributed by atoms with E-state index in [0.717, 1.165) is 17.0 Å². The van der Waals surface area contributed by atoms with E-state index in [-0.39, 0.29) is 18.1 Å². The second-order valence-corrected chi connectivity index (χ2v) is 6.65. The monoisotopic (exact) mass is 375 g/mol. The maximum absolute atomic E-state index is 14.4. The first-order valence-electron chi connectivity index (χ1n) is 8.71. The van der Waals surface area contributed by atoms with Gasteiger partial charge in [0.05, 0.1) is 12.1 Å². The molecule has 3 aromatic rings. The summed E-state index contributed by atoms with van der Waals surface area (Å²) in [5.41, 5.74) is 1.75. The Balaban J connectivity index is 2.42. The van der Waals surface area contributed by atoms with Crippen LogP contribution in [0, 0.1) is 17.5 Å². The van der Waals surface area contributed by atoms with Crippen molar-refractivity contribution < 1.29 is 22.7 Å². The Morgan fingerprint density at radius 2 is 1.85 bits per heavy atom. The Bertz CT molecular complexity index is 1040. The van der Waals surface area contributed by atoms with Crippen LogP contribution >= 0.6 is 0 Å². The number of rotatable bonds is 4. The molecule has 1 heterocycles. The zero-order valence-corrected chi connectivity index (χ0v) is 15.6. The topological polar surface area (TPSA) is 31.2 Å². The van der Waals surface area contributed by atoms with Crippen molar-refractivity contribution in [3.8, 4) is 11.1 Å². The average Bonchev–Trinajstić information content (AvgIpc) is 2.91. The van der Waals surface area contributed by atoms with Crippen LogP contribution in [0.4, 0.5) is 13.2 Å². The SMILES string of the molecule is CCOC(=O)c1c(C(C)C)c2cccc(-c3cc(F)cc(F)c3F)c2n1C. The van der Waals surface area contributed by atoms with E-state index in [0.29, 0.717) is 22.8 Å². The highest BCUT2D eigenvalue weighted by atomic mass is 19.2. The molecular formula is C21H20F3NO2. The number of aromatic nitrogens is 1. The predicted molar refractivity (Wildman–Crippen MR) is 98.3 cm³/mol. The van der Waals surface area contributed by atoms with Crippen LogP contribution in [0.15, 0.2) is 30.3 Å². The van der Waals surface area contributed by atoms with Gasteiger partial charge >= 0.3 is 5.97 Å². The van der Waals surface area contributed by atoms with E-state index in [1.54, 1.807) is 30.7 Å². The second kappa shape index (κ2) is 7.10. The summed E-state index contributed by atoms with van der Waals surface area (Å²) in [6.45, 7) is 5.81. The van der Waals surface area contributed by atoms with Crippen molar-refractivity contribution in [2.45, 2.75) is 26.7 Å². The van der Waals surface area contributed by atoms with E-state index < -0.39 is 23.4 Å². The Morgan fingerprint density at radius 3 is 2.48 bits per heavy atom. The number of halogens is 3. The standard InChI is InChI=1S/C21H20F3NO2/c1-5-27-21(26)20-17(11(2)3)14-8-6-7-13(19(14)25(20)4)15-9-12(22)10-16(23)18(15)24/h6-11H,5H2,1-4H3. The lowest BCUT2D eigenvalue weighted by molar-refractivity contribution is 0.0514. The fourth-order valence-electron chi connectivity index (χ4n) is 3.54. The Labute approximate surface area is 155 Å². The maximum atomic E-state index is 14.4. The number of nitrogens with zero attached hydrogens (tertiary/aromatic N) is 1. The van der Waals surface area contributed by atoms with Gasteiger partial charge in [-0.3, -0.25) is 0 Å². The van der Waals surface area contributed by atoms with Crippen molar-refractivity contribution in [3.05, 3.63) is 59.0 Å². The van der Waals surface area contributed by atoms with Gasteiger partial charge in [0.15, 0.2) is 11.6 Å². The summed E-state index contributed by atoms with van der Waals surface area (Å²) in [6.07, 6.45) is 0. The van der Waals surface area contributed by atoms with E-state index >= 15 is 0 Å². The van der Waals surface area contributed by atoms with E-state index in [4.69, 9.17) is 4.74 Å². The number of esters is 1. The minimum absolute atomic E-state index is 0.0163. The number of carbonyl (C=O) groups is 1. The summed E-state index contributed by atoms with van der Waals surface area (Å²) < 4.78 is 48.7. The number of hydrogen-bond donors (Lipinski definition) is 0. The van der Waals surface area contributed by atoms with Crippen molar-refractivity contribution >= 4 is 16.9 Å². The minimum atomic E-state index is -1.26. The van der Waals surface area contributed by atoms with Gasteiger partial charge in [-0.1, -0.05) is 32.0 Å². The fraction of sp³-hybridized carbons (Fsp3) is 0.286. The Morgan fingerprint density at radius 1 is 1.15 bits per heavy atom. The van der Waals surface area contributed by atoms with E-state index in [2.05, 4.69) is 0 Å². The molecule has 1 aromatic heterocycles. The van der Waals surface area contributed by atoms with Gasteiger partial charge in [-0.2, -0.15) is 0 Å². The number of hydrogen-bond acceptors (Lipinski definition) is 2. The summed E-state index contributed by atoms with van der Waals surface area (Å²) in [4.78, 5) is 12.5. The molecule has 3 nitrogen and oxygen atoms in total. The van der Waals surface area contributed by atoms with Crippen LogP contribution in [0.25, 0.3) is 22.0 Å². The average molecular weight is 375 g/mol. The molecule has 0 aliphatic heterocycles. The Kier molecular flexibility index (Phi) is 5.00. The molecule has 0 saturated heterocycles. The van der Waals surface area contributed by atoms with Gasteiger partial charge in [0.2, 0.25) is 0 Å². The highest BCUT2D eigenvalue weighted by Crippen LogP contribution is 2.38. The number of fused-ring (bicyclic) bond motifs is 1. The highest BCUT2D eigenvalue weighted by Gasteiger charge is 2.26. The summed E-state index contributed by atoms with van der Waals surface area (Å²) in [5, 5.41) is 0.720. The van der Waals surface area contributed by atoms with Crippen molar-refractivity contribution in [2.75, 3.05) is 6.61 Å². The number of ether oxygens (including phenoxy) is 1. The van der Waals surface area contributed by atoms with Gasteiger partial charge in [-0.05, 0) is 24.5 Å². The van der Waals surface area contributed by atoms with Gasteiger partial charge in [-0.25, -0.2) is 18.0 Å². The first-order chi connectivity index (χ1) is 12.8. The molecular weight excluding hydrogens is 355 g/mol. The molecule has 0 amide bonds. The van der Waals surface area contributed by atoms with Crippen LogP contribution in [0.3, 0.4) is 0 Å². The first-order valence-corrected chi connectivity index (χ1v) is 8.71. The normalized spacial score (nSPS) is 11.4. The molecule has 0 aliphatic rings. The lowest BCUT2D eigenvalue weighted by atomic mass is 9.96. The molecule has 0 bridgehead atoms. The molecule has 0 N–H and O–H groups in total. The van der Waals surface area contributed by atoms with E-state index in [1.165, 1.54) is 0 Å². The third kappa shape index (κ3) is 3.09. The van der Waals surface area contributed by atoms with Crippen LogP contribution in [0.1, 0.15) is 42.7 Å². The van der Waals surface area contributed by atoms with Crippen molar-refractivity contribution in [1.29, 1.82) is 0 Å². The highest BCUT2D eigenvalue weighted by molar-refractivity contribution is 6.04. The van der Waals surface area contributed by atoms with Crippen LogP contribution in [-0.4, -0.2) is 17.1 Å². The van der Waals surface area contributed by atoms with Gasteiger partial charge < -0.3 is 9.30 Å². The molecule has 0 fully saturated rings. The molecule has 0 atom stereocenters. The first kappa shape index (κ1) is 19.0. The fourth-order valence-corrected chi connectivity index (χ4v) is 3.54. The molecule has 3 rings (SSSR count). The van der Waals surface area contributed by atoms with Gasteiger partial charge in [-0.15, -0.1) is 0 Å². The quantitative estimate of drug-likeness (QED) is 0.441. The van der Waals surface area contributed by atoms with Gasteiger partial charge in [0, 0.05) is 29.6 Å². The molecule has 0 unspecified atom stereocenters.